The van der Waals surface area contributed by atoms with Gasteiger partial charge in [0.2, 0.25) is 0 Å². The topological polar surface area (TPSA) is 101 Å². The standard InChI is InChI=1S/C15H14BrFN4O3/c16-11-4-9-7-24-6-8-2-1-3-12(17)10(8)5-21(15(22)23)14(9)19-13(11)20-18/h1-4H,5-7,18H2,(H,19,20)(H,22,23). The number of hydrogen-bond acceptors (Lipinski definition) is 5. The summed E-state index contributed by atoms with van der Waals surface area (Å²) in [6.07, 6.45) is -1.25. The molecule has 0 spiro atoms. The molecule has 4 N–H and O–H groups in total. The number of nitrogens with two attached hydrogens (primary N) is 1. The van der Waals surface area contributed by atoms with E-state index in [1.165, 1.54) is 6.07 Å². The molecule has 0 saturated heterocycles. The maximum absolute atomic E-state index is 14.2. The molecule has 1 aromatic heterocycles. The van der Waals surface area contributed by atoms with Crippen molar-refractivity contribution in [2.45, 2.75) is 19.8 Å². The molecular formula is C15H14BrFN4O3. The highest BCUT2D eigenvalue weighted by molar-refractivity contribution is 9.10. The van der Waals surface area contributed by atoms with Crippen molar-refractivity contribution in [3.63, 3.8) is 0 Å². The Morgan fingerprint density at radius 3 is 2.88 bits per heavy atom. The van der Waals surface area contributed by atoms with Crippen molar-refractivity contribution in [2.24, 2.45) is 5.84 Å². The lowest BCUT2D eigenvalue weighted by molar-refractivity contribution is 0.107. The van der Waals surface area contributed by atoms with Crippen LogP contribution >= 0.6 is 15.9 Å². The lowest BCUT2D eigenvalue weighted by atomic mass is 10.1. The molecule has 0 radical (unpaired) electrons. The lowest BCUT2D eigenvalue weighted by Crippen LogP contribution is -2.31. The molecule has 1 aliphatic rings. The van der Waals surface area contributed by atoms with E-state index < -0.39 is 11.9 Å². The minimum atomic E-state index is -1.25. The zero-order valence-electron chi connectivity index (χ0n) is 12.4. The number of hydrogen-bond donors (Lipinski definition) is 3. The molecule has 1 amide bonds. The molecule has 24 heavy (non-hydrogen) atoms. The van der Waals surface area contributed by atoms with Crippen LogP contribution in [-0.4, -0.2) is 16.2 Å². The van der Waals surface area contributed by atoms with Gasteiger partial charge < -0.3 is 15.3 Å². The van der Waals surface area contributed by atoms with Gasteiger partial charge >= 0.3 is 6.09 Å². The van der Waals surface area contributed by atoms with Crippen LogP contribution in [0.25, 0.3) is 0 Å². The number of pyridine rings is 1. The number of hydrazine groups is 1. The van der Waals surface area contributed by atoms with Crippen LogP contribution in [0.5, 0.6) is 0 Å². The van der Waals surface area contributed by atoms with E-state index in [-0.39, 0.29) is 37.0 Å². The largest absolute Gasteiger partial charge is 0.465 e. The molecule has 0 aliphatic carbocycles. The van der Waals surface area contributed by atoms with Crippen LogP contribution in [0.4, 0.5) is 20.8 Å². The minimum absolute atomic E-state index is 0.130. The first-order chi connectivity index (χ1) is 11.5. The molecule has 0 atom stereocenters. The van der Waals surface area contributed by atoms with Gasteiger partial charge in [-0.15, -0.1) is 0 Å². The first kappa shape index (κ1) is 16.6. The van der Waals surface area contributed by atoms with Crippen LogP contribution < -0.4 is 16.2 Å². The zero-order chi connectivity index (χ0) is 17.3. The number of rotatable bonds is 1. The highest BCUT2D eigenvalue weighted by Crippen LogP contribution is 2.31. The maximum atomic E-state index is 14.2. The van der Waals surface area contributed by atoms with Gasteiger partial charge in [0.25, 0.3) is 0 Å². The second kappa shape index (κ2) is 6.71. The summed E-state index contributed by atoms with van der Waals surface area (Å²) < 4.78 is 20.4. The number of nitrogens with zero attached hydrogens (tertiary/aromatic N) is 2. The summed E-state index contributed by atoms with van der Waals surface area (Å²) >= 11 is 3.31. The molecule has 0 bridgehead atoms. The zero-order valence-corrected chi connectivity index (χ0v) is 14.0. The van der Waals surface area contributed by atoms with Crippen molar-refractivity contribution in [2.75, 3.05) is 10.3 Å². The molecule has 1 aromatic carbocycles. The van der Waals surface area contributed by atoms with Gasteiger partial charge in [0.05, 0.1) is 24.2 Å². The number of nitrogens with one attached hydrogen (secondary N) is 1. The Balaban J connectivity index is 2.16. The van der Waals surface area contributed by atoms with Crippen molar-refractivity contribution < 1.29 is 19.0 Å². The van der Waals surface area contributed by atoms with Crippen molar-refractivity contribution in [1.29, 1.82) is 0 Å². The van der Waals surface area contributed by atoms with Gasteiger partial charge in [-0.05, 0) is 33.6 Å². The molecule has 126 valence electrons. The number of amides is 1. The molecule has 0 fully saturated rings. The number of benzene rings is 1. The van der Waals surface area contributed by atoms with Gasteiger partial charge in [-0.3, -0.25) is 4.90 Å². The maximum Gasteiger partial charge on any atom is 0.413 e. The van der Waals surface area contributed by atoms with Gasteiger partial charge in [-0.2, -0.15) is 0 Å². The predicted molar refractivity (Wildman–Crippen MR) is 88.8 cm³/mol. The Morgan fingerprint density at radius 1 is 1.42 bits per heavy atom. The third-order valence-electron chi connectivity index (χ3n) is 3.70. The second-order valence-corrected chi connectivity index (χ2v) is 6.04. The summed E-state index contributed by atoms with van der Waals surface area (Å²) in [6, 6.07) is 6.25. The van der Waals surface area contributed by atoms with E-state index in [9.17, 15) is 14.3 Å². The lowest BCUT2D eigenvalue weighted by Gasteiger charge is -2.22. The predicted octanol–water partition coefficient (Wildman–Crippen LogP) is 2.98. The number of carbonyl (C=O) groups is 1. The van der Waals surface area contributed by atoms with Crippen LogP contribution in [0.2, 0.25) is 0 Å². The van der Waals surface area contributed by atoms with E-state index in [4.69, 9.17) is 10.6 Å². The summed E-state index contributed by atoms with van der Waals surface area (Å²) in [4.78, 5) is 17.0. The normalized spacial score (nSPS) is 14.0. The van der Waals surface area contributed by atoms with Crippen LogP contribution in [0.15, 0.2) is 28.7 Å². The van der Waals surface area contributed by atoms with Crippen molar-refractivity contribution in [3.8, 4) is 0 Å². The smallest absolute Gasteiger partial charge is 0.413 e. The third-order valence-corrected chi connectivity index (χ3v) is 4.31. The first-order valence-electron chi connectivity index (χ1n) is 7.01. The quantitative estimate of drug-likeness (QED) is 0.505. The SMILES string of the molecule is NNc1nc2c(cc1Br)COCc1cccc(F)c1CN2C(=O)O. The Morgan fingerprint density at radius 2 is 2.17 bits per heavy atom. The molecule has 0 saturated carbocycles. The van der Waals surface area contributed by atoms with E-state index in [0.29, 0.717) is 15.6 Å². The van der Waals surface area contributed by atoms with E-state index >= 15 is 0 Å². The summed E-state index contributed by atoms with van der Waals surface area (Å²) in [5.41, 5.74) is 3.81. The average molecular weight is 397 g/mol. The Hall–Kier alpha value is -2.23. The number of anilines is 2. The number of ether oxygens (including phenoxy) is 1. The molecule has 0 unspecified atom stereocenters. The van der Waals surface area contributed by atoms with Gasteiger partial charge in [0.15, 0.2) is 5.82 Å². The third kappa shape index (κ3) is 3.05. The Labute approximate surface area is 145 Å². The van der Waals surface area contributed by atoms with Gasteiger partial charge in [-0.25, -0.2) is 20.0 Å². The first-order valence-corrected chi connectivity index (χ1v) is 7.81. The summed E-state index contributed by atoms with van der Waals surface area (Å²) in [5.74, 6) is 5.34. The fraction of sp³-hybridized carbons (Fsp3) is 0.200. The van der Waals surface area contributed by atoms with Crippen LogP contribution in [0.1, 0.15) is 16.7 Å². The molecule has 2 aromatic rings. The number of carboxylic acid groups (broad SMARTS) is 1. The molecule has 9 heteroatoms. The molecular weight excluding hydrogens is 383 g/mol. The summed E-state index contributed by atoms with van der Waals surface area (Å²) in [6.45, 7) is 0.131. The van der Waals surface area contributed by atoms with Crippen molar-refractivity contribution in [3.05, 3.63) is 51.2 Å². The fourth-order valence-corrected chi connectivity index (χ4v) is 3.02. The monoisotopic (exact) mass is 396 g/mol. The Kier molecular flexibility index (Phi) is 4.65. The number of halogens is 2. The fourth-order valence-electron chi connectivity index (χ4n) is 2.54. The van der Waals surface area contributed by atoms with Gasteiger partial charge in [0.1, 0.15) is 11.6 Å². The minimum Gasteiger partial charge on any atom is -0.465 e. The van der Waals surface area contributed by atoms with Gasteiger partial charge in [0, 0.05) is 11.1 Å². The van der Waals surface area contributed by atoms with Gasteiger partial charge in [-0.1, -0.05) is 12.1 Å². The number of nitrogen functional groups attached to an aromatic ring is 1. The van der Waals surface area contributed by atoms with Crippen molar-refractivity contribution >= 4 is 33.7 Å². The molecule has 1 aliphatic heterocycles. The molecule has 3 rings (SSSR count). The van der Waals surface area contributed by atoms with E-state index in [1.54, 1.807) is 18.2 Å². The number of aromatic nitrogens is 1. The summed E-state index contributed by atoms with van der Waals surface area (Å²) in [7, 11) is 0. The second-order valence-electron chi connectivity index (χ2n) is 5.18. The molecule has 2 heterocycles. The van der Waals surface area contributed by atoms with Crippen LogP contribution in [0.3, 0.4) is 0 Å². The molecule has 7 nitrogen and oxygen atoms in total. The average Bonchev–Trinajstić information content (AvgIpc) is 2.62. The Bertz CT molecular complexity index is 803. The van der Waals surface area contributed by atoms with Crippen LogP contribution in [-0.2, 0) is 24.5 Å². The van der Waals surface area contributed by atoms with E-state index in [2.05, 4.69) is 26.3 Å². The number of fused-ring (bicyclic) bond motifs is 2. The highest BCUT2D eigenvalue weighted by Gasteiger charge is 2.25. The van der Waals surface area contributed by atoms with Crippen molar-refractivity contribution in [1.82, 2.24) is 4.98 Å². The highest BCUT2D eigenvalue weighted by atomic mass is 79.9. The van der Waals surface area contributed by atoms with E-state index in [1.807, 2.05) is 0 Å². The van der Waals surface area contributed by atoms with E-state index in [0.717, 1.165) is 4.90 Å². The summed E-state index contributed by atoms with van der Waals surface area (Å²) in [5, 5.41) is 9.60. The van der Waals surface area contributed by atoms with Crippen LogP contribution in [0, 0.1) is 5.82 Å².